The van der Waals surface area contributed by atoms with E-state index in [-0.39, 0.29) is 17.8 Å². The second-order valence-electron chi connectivity index (χ2n) is 10.3. The van der Waals surface area contributed by atoms with Crippen LogP contribution >= 0.6 is 11.6 Å². The number of rotatable bonds is 8. The summed E-state index contributed by atoms with van der Waals surface area (Å²) in [5.41, 5.74) is 1.48. The Morgan fingerprint density at radius 2 is 1.62 bits per heavy atom. The van der Waals surface area contributed by atoms with Gasteiger partial charge < -0.3 is 25.2 Å². The molecule has 1 aliphatic carbocycles. The predicted octanol–water partition coefficient (Wildman–Crippen LogP) is 5.46. The number of hydrogen-bond acceptors (Lipinski definition) is 8. The third kappa shape index (κ3) is 7.38. The fraction of sp³-hybridized carbons (Fsp3) is 0.393. The molecule has 1 aliphatic heterocycles. The van der Waals surface area contributed by atoms with Crippen LogP contribution in [0.25, 0.3) is 0 Å². The number of amides is 1. The summed E-state index contributed by atoms with van der Waals surface area (Å²) in [6, 6.07) is 13.5. The standard InChI is InChI=1S/C28H30ClF3N8O2/c1-18(33)39-13-2-14-40(16-15-39)23(41)19-3-9-22(10-4-19)34-24-35-25(37-26(36-24)42-17-28(30,31)32)38-27(11-12-27)20-5-7-21(29)8-6-20/h3-10,33H,2,11-17H2,1H3,(H2,34,35,36,37,38). The molecule has 42 heavy (non-hydrogen) atoms. The molecule has 0 unspecified atom stereocenters. The van der Waals surface area contributed by atoms with E-state index >= 15 is 0 Å². The van der Waals surface area contributed by atoms with Crippen LogP contribution < -0.4 is 15.4 Å². The van der Waals surface area contributed by atoms with E-state index in [1.807, 2.05) is 17.0 Å². The molecule has 10 nitrogen and oxygen atoms in total. The summed E-state index contributed by atoms with van der Waals surface area (Å²) in [6.07, 6.45) is -2.25. The number of benzene rings is 2. The van der Waals surface area contributed by atoms with Gasteiger partial charge in [0, 0.05) is 42.5 Å². The second-order valence-corrected chi connectivity index (χ2v) is 10.7. The summed E-state index contributed by atoms with van der Waals surface area (Å²) >= 11 is 6.02. The van der Waals surface area contributed by atoms with Crippen LogP contribution in [0.2, 0.25) is 5.02 Å². The Kier molecular flexibility index (Phi) is 8.39. The Balaban J connectivity index is 1.31. The van der Waals surface area contributed by atoms with Gasteiger partial charge in [-0.05, 0) is 68.1 Å². The van der Waals surface area contributed by atoms with E-state index in [1.54, 1.807) is 48.2 Å². The molecule has 1 amide bonds. The Labute approximate surface area is 245 Å². The summed E-state index contributed by atoms with van der Waals surface area (Å²) in [5.74, 6) is 0.405. The smallest absolute Gasteiger partial charge is 0.422 e. The Bertz CT molecular complexity index is 1430. The highest BCUT2D eigenvalue weighted by Gasteiger charge is 2.45. The molecule has 0 bridgehead atoms. The molecule has 0 atom stereocenters. The van der Waals surface area contributed by atoms with E-state index in [0.717, 1.165) is 31.4 Å². The SMILES string of the molecule is CC(=N)N1CCCN(C(=O)c2ccc(Nc3nc(NC4(c5ccc(Cl)cc5)CC4)nc(OCC(F)(F)F)n3)cc2)CC1. The molecule has 0 spiro atoms. The van der Waals surface area contributed by atoms with Gasteiger partial charge in [-0.3, -0.25) is 10.2 Å². The normalized spacial score (nSPS) is 16.4. The molecule has 3 N–H and O–H groups in total. The maximum absolute atomic E-state index is 13.1. The van der Waals surface area contributed by atoms with Crippen LogP contribution in [0.3, 0.4) is 0 Å². The van der Waals surface area contributed by atoms with Crippen LogP contribution in [-0.4, -0.2) is 75.5 Å². The molecule has 0 radical (unpaired) electrons. The molecule has 2 fully saturated rings. The van der Waals surface area contributed by atoms with E-state index in [0.29, 0.717) is 41.7 Å². The third-order valence-corrected chi connectivity index (χ3v) is 7.38. The first-order valence-electron chi connectivity index (χ1n) is 13.5. The summed E-state index contributed by atoms with van der Waals surface area (Å²) in [5, 5.41) is 14.6. The third-order valence-electron chi connectivity index (χ3n) is 7.12. The summed E-state index contributed by atoms with van der Waals surface area (Å²) in [4.78, 5) is 29.3. The topological polar surface area (TPSA) is 119 Å². The monoisotopic (exact) mass is 602 g/mol. The lowest BCUT2D eigenvalue weighted by Crippen LogP contribution is -2.36. The lowest BCUT2D eigenvalue weighted by Gasteiger charge is -2.22. The number of carbonyl (C=O) groups excluding carboxylic acids is 1. The molecule has 3 aromatic rings. The minimum atomic E-state index is -4.57. The van der Waals surface area contributed by atoms with Crippen molar-refractivity contribution in [2.45, 2.75) is 37.9 Å². The Hall–Kier alpha value is -4.13. The van der Waals surface area contributed by atoms with Gasteiger partial charge in [0.1, 0.15) is 0 Å². The van der Waals surface area contributed by atoms with Crippen molar-refractivity contribution in [3.8, 4) is 6.01 Å². The van der Waals surface area contributed by atoms with Crippen LogP contribution in [0.4, 0.5) is 30.8 Å². The molecule has 2 heterocycles. The molecule has 2 aliphatic rings. The van der Waals surface area contributed by atoms with Crippen LogP contribution in [0.5, 0.6) is 6.01 Å². The lowest BCUT2D eigenvalue weighted by molar-refractivity contribution is -0.154. The van der Waals surface area contributed by atoms with E-state index in [4.69, 9.17) is 21.7 Å². The molecular formula is C28H30ClF3N8O2. The average molecular weight is 603 g/mol. The number of anilines is 3. The van der Waals surface area contributed by atoms with Crippen LogP contribution in [0, 0.1) is 5.41 Å². The van der Waals surface area contributed by atoms with Crippen molar-refractivity contribution in [1.82, 2.24) is 24.8 Å². The number of alkyl halides is 3. The molecule has 5 rings (SSSR count). The van der Waals surface area contributed by atoms with E-state index < -0.39 is 24.3 Å². The van der Waals surface area contributed by atoms with Gasteiger partial charge in [0.15, 0.2) is 6.61 Å². The first kappa shape index (κ1) is 29.4. The molecular weight excluding hydrogens is 573 g/mol. The maximum atomic E-state index is 13.1. The summed E-state index contributed by atoms with van der Waals surface area (Å²) < 4.78 is 43.4. The number of amidine groups is 1. The van der Waals surface area contributed by atoms with Crippen molar-refractivity contribution in [3.05, 3.63) is 64.7 Å². The maximum Gasteiger partial charge on any atom is 0.422 e. The highest BCUT2D eigenvalue weighted by atomic mass is 35.5. The first-order chi connectivity index (χ1) is 20.0. The largest absolute Gasteiger partial charge is 0.454 e. The van der Waals surface area contributed by atoms with Crippen molar-refractivity contribution in [2.24, 2.45) is 0 Å². The fourth-order valence-corrected chi connectivity index (χ4v) is 4.86. The van der Waals surface area contributed by atoms with E-state index in [2.05, 4.69) is 25.6 Å². The van der Waals surface area contributed by atoms with E-state index in [1.165, 1.54) is 0 Å². The van der Waals surface area contributed by atoms with Gasteiger partial charge in [-0.25, -0.2) is 0 Å². The first-order valence-corrected chi connectivity index (χ1v) is 13.8. The zero-order valence-electron chi connectivity index (χ0n) is 22.8. The minimum absolute atomic E-state index is 0.0229. The highest BCUT2D eigenvalue weighted by Crippen LogP contribution is 2.48. The van der Waals surface area contributed by atoms with Gasteiger partial charge in [0.05, 0.1) is 11.4 Å². The van der Waals surface area contributed by atoms with Gasteiger partial charge >= 0.3 is 12.2 Å². The second kappa shape index (κ2) is 12.0. The molecule has 1 saturated carbocycles. The number of halogens is 4. The molecule has 2 aromatic carbocycles. The quantitative estimate of drug-likeness (QED) is 0.230. The summed E-state index contributed by atoms with van der Waals surface area (Å²) in [7, 11) is 0. The van der Waals surface area contributed by atoms with Crippen LogP contribution in [0.1, 0.15) is 42.1 Å². The van der Waals surface area contributed by atoms with E-state index in [9.17, 15) is 18.0 Å². The molecule has 222 valence electrons. The van der Waals surface area contributed by atoms with Crippen LogP contribution in [-0.2, 0) is 5.54 Å². The molecule has 1 aromatic heterocycles. The Morgan fingerprint density at radius 3 is 2.26 bits per heavy atom. The summed E-state index contributed by atoms with van der Waals surface area (Å²) in [6.45, 7) is 2.65. The predicted molar refractivity (Wildman–Crippen MR) is 153 cm³/mol. The number of carbonyl (C=O) groups is 1. The minimum Gasteiger partial charge on any atom is -0.454 e. The van der Waals surface area contributed by atoms with Gasteiger partial charge in [0.2, 0.25) is 11.9 Å². The lowest BCUT2D eigenvalue weighted by atomic mass is 10.1. The van der Waals surface area contributed by atoms with Gasteiger partial charge in [-0.15, -0.1) is 0 Å². The van der Waals surface area contributed by atoms with Gasteiger partial charge in [-0.1, -0.05) is 23.7 Å². The van der Waals surface area contributed by atoms with Gasteiger partial charge in [-0.2, -0.15) is 28.1 Å². The number of ether oxygens (including phenoxy) is 1. The average Bonchev–Trinajstić information content (AvgIpc) is 3.76. The van der Waals surface area contributed by atoms with Crippen LogP contribution in [0.15, 0.2) is 48.5 Å². The zero-order valence-corrected chi connectivity index (χ0v) is 23.6. The number of aromatic nitrogens is 3. The number of nitrogens with one attached hydrogen (secondary N) is 3. The number of nitrogens with zero attached hydrogens (tertiary/aromatic N) is 5. The van der Waals surface area contributed by atoms with Crippen molar-refractivity contribution < 1.29 is 22.7 Å². The van der Waals surface area contributed by atoms with Crippen molar-refractivity contribution in [2.75, 3.05) is 43.4 Å². The van der Waals surface area contributed by atoms with Gasteiger partial charge in [0.25, 0.3) is 5.91 Å². The molecule has 14 heteroatoms. The highest BCUT2D eigenvalue weighted by molar-refractivity contribution is 6.30. The molecule has 1 saturated heterocycles. The van der Waals surface area contributed by atoms with Crippen molar-refractivity contribution in [3.63, 3.8) is 0 Å². The fourth-order valence-electron chi connectivity index (χ4n) is 4.74. The number of hydrogen-bond donors (Lipinski definition) is 3. The van der Waals surface area contributed by atoms with Crippen molar-refractivity contribution in [1.29, 1.82) is 5.41 Å². The zero-order chi connectivity index (χ0) is 29.9. The Morgan fingerprint density at radius 1 is 0.976 bits per heavy atom. The van der Waals surface area contributed by atoms with Crippen molar-refractivity contribution >= 4 is 40.9 Å².